The number of amides is 3. The number of rotatable bonds is 3. The number of primary amides is 1. The van der Waals surface area contributed by atoms with Gasteiger partial charge in [0.2, 0.25) is 5.91 Å². The zero-order valence-electron chi connectivity index (χ0n) is 13.9. The molecule has 1 aliphatic heterocycles. The summed E-state index contributed by atoms with van der Waals surface area (Å²) in [6.45, 7) is 0.702. The minimum Gasteiger partial charge on any atom is -0.366 e. The second kappa shape index (κ2) is 8.07. The standard InChI is InChI=1S/C19H21N3O2S/c20-18(23)15-8-4-9-16(12-15)21-19(24)22-10-5-11-25-13-17(22)14-6-2-1-3-7-14/h1-4,6-9,12,17H,5,10-11,13H2,(H2,20,23)(H,21,24). The second-order valence-corrected chi connectivity index (χ2v) is 7.07. The maximum atomic E-state index is 12.9. The molecule has 1 unspecified atom stereocenters. The molecule has 3 N–H and O–H groups in total. The van der Waals surface area contributed by atoms with Crippen LogP contribution in [0, 0.1) is 0 Å². The Hall–Kier alpha value is -2.47. The van der Waals surface area contributed by atoms with Crippen molar-refractivity contribution >= 4 is 29.4 Å². The predicted molar refractivity (Wildman–Crippen MR) is 102 cm³/mol. The molecule has 2 aromatic carbocycles. The van der Waals surface area contributed by atoms with Crippen molar-refractivity contribution in [3.05, 3.63) is 65.7 Å². The van der Waals surface area contributed by atoms with Crippen LogP contribution >= 0.6 is 11.8 Å². The Morgan fingerprint density at radius 3 is 2.68 bits per heavy atom. The molecule has 0 aliphatic carbocycles. The molecule has 3 rings (SSSR count). The number of nitrogens with one attached hydrogen (secondary N) is 1. The highest BCUT2D eigenvalue weighted by atomic mass is 32.2. The van der Waals surface area contributed by atoms with Crippen LogP contribution in [0.15, 0.2) is 54.6 Å². The molecule has 25 heavy (non-hydrogen) atoms. The van der Waals surface area contributed by atoms with Crippen LogP contribution in [0.2, 0.25) is 0 Å². The molecule has 0 radical (unpaired) electrons. The third kappa shape index (κ3) is 4.33. The summed E-state index contributed by atoms with van der Waals surface area (Å²) in [6, 6.07) is 16.7. The molecule has 0 spiro atoms. The lowest BCUT2D eigenvalue weighted by Gasteiger charge is -2.30. The van der Waals surface area contributed by atoms with Crippen LogP contribution in [0.5, 0.6) is 0 Å². The summed E-state index contributed by atoms with van der Waals surface area (Å²) < 4.78 is 0. The summed E-state index contributed by atoms with van der Waals surface area (Å²) in [6.07, 6.45) is 0.961. The number of carbonyl (C=O) groups excluding carboxylic acids is 2. The molecule has 1 saturated heterocycles. The average Bonchev–Trinajstić information content (AvgIpc) is 2.88. The van der Waals surface area contributed by atoms with Gasteiger partial charge in [-0.1, -0.05) is 36.4 Å². The summed E-state index contributed by atoms with van der Waals surface area (Å²) in [4.78, 5) is 26.1. The zero-order chi connectivity index (χ0) is 17.6. The SMILES string of the molecule is NC(=O)c1cccc(NC(=O)N2CCCSCC2c2ccccc2)c1. The van der Waals surface area contributed by atoms with E-state index in [1.807, 2.05) is 34.9 Å². The molecule has 0 saturated carbocycles. The molecule has 130 valence electrons. The maximum Gasteiger partial charge on any atom is 0.322 e. The Bertz CT molecular complexity index is 751. The van der Waals surface area contributed by atoms with Crippen molar-refractivity contribution in [1.82, 2.24) is 4.90 Å². The largest absolute Gasteiger partial charge is 0.366 e. The normalized spacial score (nSPS) is 17.6. The van der Waals surface area contributed by atoms with E-state index in [4.69, 9.17) is 5.73 Å². The van der Waals surface area contributed by atoms with Crippen LogP contribution in [-0.2, 0) is 0 Å². The number of anilines is 1. The van der Waals surface area contributed by atoms with Gasteiger partial charge in [-0.3, -0.25) is 4.79 Å². The van der Waals surface area contributed by atoms with E-state index in [1.165, 1.54) is 0 Å². The Balaban J connectivity index is 1.80. The van der Waals surface area contributed by atoms with Crippen molar-refractivity contribution in [2.45, 2.75) is 12.5 Å². The highest BCUT2D eigenvalue weighted by molar-refractivity contribution is 7.99. The highest BCUT2D eigenvalue weighted by Gasteiger charge is 2.27. The van der Waals surface area contributed by atoms with Crippen LogP contribution in [0.25, 0.3) is 0 Å². The van der Waals surface area contributed by atoms with E-state index in [0.29, 0.717) is 17.8 Å². The molecule has 1 fully saturated rings. The van der Waals surface area contributed by atoms with Gasteiger partial charge in [0.25, 0.3) is 0 Å². The van der Waals surface area contributed by atoms with Gasteiger partial charge in [-0.2, -0.15) is 11.8 Å². The van der Waals surface area contributed by atoms with Gasteiger partial charge in [-0.05, 0) is 35.9 Å². The molecule has 0 aromatic heterocycles. The van der Waals surface area contributed by atoms with Crippen LogP contribution < -0.4 is 11.1 Å². The number of benzene rings is 2. The van der Waals surface area contributed by atoms with E-state index in [1.54, 1.807) is 24.3 Å². The van der Waals surface area contributed by atoms with Gasteiger partial charge in [0.15, 0.2) is 0 Å². The molecule has 6 heteroatoms. The van der Waals surface area contributed by atoms with Crippen molar-refractivity contribution in [3.63, 3.8) is 0 Å². The first-order valence-electron chi connectivity index (χ1n) is 8.25. The minimum absolute atomic E-state index is 0.0352. The number of nitrogens with zero attached hydrogens (tertiary/aromatic N) is 1. The number of hydrogen-bond acceptors (Lipinski definition) is 3. The van der Waals surface area contributed by atoms with Crippen molar-refractivity contribution < 1.29 is 9.59 Å². The number of nitrogens with two attached hydrogens (primary N) is 1. The Morgan fingerprint density at radius 2 is 1.92 bits per heavy atom. The maximum absolute atomic E-state index is 12.9. The van der Waals surface area contributed by atoms with Crippen LogP contribution in [0.1, 0.15) is 28.4 Å². The molecule has 3 amide bonds. The minimum atomic E-state index is -0.510. The van der Waals surface area contributed by atoms with Gasteiger partial charge in [0, 0.05) is 23.5 Å². The quantitative estimate of drug-likeness (QED) is 0.885. The fraction of sp³-hybridized carbons (Fsp3) is 0.263. The second-order valence-electron chi connectivity index (χ2n) is 5.92. The Kier molecular flexibility index (Phi) is 5.60. The van der Waals surface area contributed by atoms with Crippen molar-refractivity contribution in [3.8, 4) is 0 Å². The average molecular weight is 355 g/mol. The van der Waals surface area contributed by atoms with Crippen LogP contribution in [-0.4, -0.2) is 34.9 Å². The molecule has 2 aromatic rings. The monoisotopic (exact) mass is 355 g/mol. The van der Waals surface area contributed by atoms with Crippen molar-refractivity contribution in [1.29, 1.82) is 0 Å². The smallest absolute Gasteiger partial charge is 0.322 e. The van der Waals surface area contributed by atoms with Gasteiger partial charge in [0.05, 0.1) is 6.04 Å². The molecule has 1 aliphatic rings. The first-order valence-corrected chi connectivity index (χ1v) is 9.41. The van der Waals surface area contributed by atoms with Gasteiger partial charge >= 0.3 is 6.03 Å². The third-order valence-corrected chi connectivity index (χ3v) is 5.31. The molecule has 1 atom stereocenters. The van der Waals surface area contributed by atoms with E-state index >= 15 is 0 Å². The van der Waals surface area contributed by atoms with Gasteiger partial charge in [-0.25, -0.2) is 4.79 Å². The third-order valence-electron chi connectivity index (χ3n) is 4.18. The fourth-order valence-corrected chi connectivity index (χ4v) is 4.01. The number of carbonyl (C=O) groups is 2. The number of thioether (sulfide) groups is 1. The van der Waals surface area contributed by atoms with Crippen molar-refractivity contribution in [2.75, 3.05) is 23.4 Å². The van der Waals surface area contributed by atoms with E-state index < -0.39 is 5.91 Å². The van der Waals surface area contributed by atoms with Crippen LogP contribution in [0.3, 0.4) is 0 Å². The topological polar surface area (TPSA) is 75.4 Å². The lowest BCUT2D eigenvalue weighted by Crippen LogP contribution is -2.39. The molecular weight excluding hydrogens is 334 g/mol. The molecule has 5 nitrogen and oxygen atoms in total. The number of hydrogen-bond donors (Lipinski definition) is 2. The lowest BCUT2D eigenvalue weighted by atomic mass is 10.1. The summed E-state index contributed by atoms with van der Waals surface area (Å²) >= 11 is 1.87. The van der Waals surface area contributed by atoms with Gasteiger partial charge in [0.1, 0.15) is 0 Å². The number of urea groups is 1. The summed E-state index contributed by atoms with van der Waals surface area (Å²) in [5.41, 5.74) is 7.40. The van der Waals surface area contributed by atoms with Crippen LogP contribution in [0.4, 0.5) is 10.5 Å². The fourth-order valence-electron chi connectivity index (χ4n) is 2.92. The molecular formula is C19H21N3O2S. The van der Waals surface area contributed by atoms with E-state index in [-0.39, 0.29) is 12.1 Å². The van der Waals surface area contributed by atoms with E-state index in [2.05, 4.69) is 17.4 Å². The first kappa shape index (κ1) is 17.4. The highest BCUT2D eigenvalue weighted by Crippen LogP contribution is 2.29. The molecule has 0 bridgehead atoms. The van der Waals surface area contributed by atoms with Gasteiger partial charge < -0.3 is 16.0 Å². The molecule has 1 heterocycles. The first-order chi connectivity index (χ1) is 12.1. The van der Waals surface area contributed by atoms with E-state index in [0.717, 1.165) is 23.5 Å². The van der Waals surface area contributed by atoms with Gasteiger partial charge in [-0.15, -0.1) is 0 Å². The summed E-state index contributed by atoms with van der Waals surface area (Å²) in [7, 11) is 0. The summed E-state index contributed by atoms with van der Waals surface area (Å²) in [5, 5.41) is 2.90. The summed E-state index contributed by atoms with van der Waals surface area (Å²) in [5.74, 6) is 1.41. The Morgan fingerprint density at radius 1 is 1.12 bits per heavy atom. The Labute approximate surface area is 151 Å². The lowest BCUT2D eigenvalue weighted by molar-refractivity contribution is 0.1000. The van der Waals surface area contributed by atoms with E-state index in [9.17, 15) is 9.59 Å². The zero-order valence-corrected chi connectivity index (χ0v) is 14.7. The predicted octanol–water partition coefficient (Wildman–Crippen LogP) is 3.50. The van der Waals surface area contributed by atoms with Crippen molar-refractivity contribution in [2.24, 2.45) is 5.73 Å².